The van der Waals surface area contributed by atoms with E-state index in [1.165, 1.54) is 6.33 Å². The van der Waals surface area contributed by atoms with Crippen LogP contribution in [0.1, 0.15) is 5.56 Å². The summed E-state index contributed by atoms with van der Waals surface area (Å²) in [5.74, 6) is 0. The maximum atomic E-state index is 8.61. The van der Waals surface area contributed by atoms with Crippen molar-refractivity contribution in [3.8, 4) is 6.07 Å². The fourth-order valence-electron chi connectivity index (χ4n) is 1.05. The molecule has 0 N–H and O–H groups in total. The maximum Gasteiger partial charge on any atom is 0.116 e. The number of hydrogen-bond acceptors (Lipinski definition) is 3. The molecule has 0 aliphatic heterocycles. The lowest BCUT2D eigenvalue weighted by molar-refractivity contribution is 1.22. The fourth-order valence-corrected chi connectivity index (χ4v) is 1.05. The molecular formula is C9H5N3. The molecule has 0 spiro atoms. The van der Waals surface area contributed by atoms with Crippen molar-refractivity contribution >= 4 is 10.9 Å². The summed E-state index contributed by atoms with van der Waals surface area (Å²) in [5.41, 5.74) is 1.50. The first kappa shape index (κ1) is 6.74. The van der Waals surface area contributed by atoms with Gasteiger partial charge in [0.05, 0.1) is 17.1 Å². The number of nitriles is 1. The Bertz CT molecular complexity index is 457. The normalized spacial score (nSPS) is 9.58. The summed E-state index contributed by atoms with van der Waals surface area (Å²) in [6.07, 6.45) is 3.19. The Kier molecular flexibility index (Phi) is 1.45. The maximum absolute atomic E-state index is 8.61. The minimum absolute atomic E-state index is 0.636. The summed E-state index contributed by atoms with van der Waals surface area (Å²) in [6, 6.07) is 7.40. The van der Waals surface area contributed by atoms with Crippen molar-refractivity contribution in [3.05, 3.63) is 36.3 Å². The van der Waals surface area contributed by atoms with Crippen LogP contribution in [0.5, 0.6) is 0 Å². The van der Waals surface area contributed by atoms with Crippen molar-refractivity contribution in [2.24, 2.45) is 0 Å². The first-order valence-corrected chi connectivity index (χ1v) is 3.50. The van der Waals surface area contributed by atoms with E-state index in [2.05, 4.69) is 16.0 Å². The Morgan fingerprint density at radius 2 is 2.25 bits per heavy atom. The van der Waals surface area contributed by atoms with Crippen LogP contribution in [0.3, 0.4) is 0 Å². The summed E-state index contributed by atoms with van der Waals surface area (Å²) in [5, 5.41) is 9.51. The van der Waals surface area contributed by atoms with Gasteiger partial charge in [0.1, 0.15) is 6.33 Å². The average molecular weight is 155 g/mol. The van der Waals surface area contributed by atoms with Gasteiger partial charge in [-0.1, -0.05) is 0 Å². The van der Waals surface area contributed by atoms with Crippen molar-refractivity contribution in [2.45, 2.75) is 0 Å². The smallest absolute Gasteiger partial charge is 0.116 e. The van der Waals surface area contributed by atoms with E-state index >= 15 is 0 Å². The van der Waals surface area contributed by atoms with Gasteiger partial charge in [-0.3, -0.25) is 0 Å². The van der Waals surface area contributed by atoms with Crippen LogP contribution < -0.4 is 0 Å². The van der Waals surface area contributed by atoms with Gasteiger partial charge in [-0.2, -0.15) is 5.26 Å². The van der Waals surface area contributed by atoms with Crippen molar-refractivity contribution < 1.29 is 0 Å². The second-order valence-corrected chi connectivity index (χ2v) is 2.41. The Morgan fingerprint density at radius 1 is 1.33 bits per heavy atom. The highest BCUT2D eigenvalue weighted by Gasteiger charge is 1.94. The zero-order chi connectivity index (χ0) is 8.39. The van der Waals surface area contributed by atoms with Gasteiger partial charge in [0.15, 0.2) is 0 Å². The average Bonchev–Trinajstić information content (AvgIpc) is 2.17. The monoisotopic (exact) mass is 155 g/mol. The molecule has 0 unspecified atom stereocenters. The van der Waals surface area contributed by atoms with Crippen LogP contribution in [0.15, 0.2) is 30.7 Å². The zero-order valence-corrected chi connectivity index (χ0v) is 6.23. The lowest BCUT2D eigenvalue weighted by Gasteiger charge is -1.93. The predicted molar refractivity (Wildman–Crippen MR) is 44.3 cm³/mol. The van der Waals surface area contributed by atoms with E-state index in [4.69, 9.17) is 5.26 Å². The molecule has 3 heteroatoms. The first-order chi connectivity index (χ1) is 5.90. The Balaban J connectivity index is 2.78. The second-order valence-electron chi connectivity index (χ2n) is 2.41. The third-order valence-corrected chi connectivity index (χ3v) is 1.63. The molecule has 0 bridgehead atoms. The predicted octanol–water partition coefficient (Wildman–Crippen LogP) is 1.50. The molecule has 2 rings (SSSR count). The molecule has 0 aliphatic rings. The molecule has 1 heterocycles. The number of rotatable bonds is 0. The molecule has 56 valence electrons. The molecule has 1 aromatic carbocycles. The molecule has 12 heavy (non-hydrogen) atoms. The van der Waals surface area contributed by atoms with Crippen molar-refractivity contribution in [2.75, 3.05) is 0 Å². The zero-order valence-electron chi connectivity index (χ0n) is 6.23. The number of fused-ring (bicyclic) bond motifs is 1. The molecule has 2 aromatic rings. The van der Waals surface area contributed by atoms with Crippen LogP contribution in [0, 0.1) is 11.3 Å². The molecule has 0 aliphatic carbocycles. The summed E-state index contributed by atoms with van der Waals surface area (Å²) < 4.78 is 0. The second kappa shape index (κ2) is 2.59. The summed E-state index contributed by atoms with van der Waals surface area (Å²) in [7, 11) is 0. The molecular weight excluding hydrogens is 150 g/mol. The van der Waals surface area contributed by atoms with E-state index in [1.807, 2.05) is 6.07 Å². The lowest BCUT2D eigenvalue weighted by Crippen LogP contribution is -1.81. The largest absolute Gasteiger partial charge is 0.244 e. The Morgan fingerprint density at radius 3 is 3.08 bits per heavy atom. The molecule has 3 nitrogen and oxygen atoms in total. The van der Waals surface area contributed by atoms with Crippen LogP contribution in [0.2, 0.25) is 0 Å². The van der Waals surface area contributed by atoms with E-state index in [9.17, 15) is 0 Å². The van der Waals surface area contributed by atoms with Gasteiger partial charge in [-0.15, -0.1) is 0 Å². The van der Waals surface area contributed by atoms with Crippen LogP contribution in [0.4, 0.5) is 0 Å². The molecule has 0 atom stereocenters. The topological polar surface area (TPSA) is 49.6 Å². The molecule has 0 saturated carbocycles. The first-order valence-electron chi connectivity index (χ1n) is 3.50. The molecule has 0 fully saturated rings. The van der Waals surface area contributed by atoms with Gasteiger partial charge in [-0.05, 0) is 18.2 Å². The number of nitrogens with zero attached hydrogens (tertiary/aromatic N) is 3. The third-order valence-electron chi connectivity index (χ3n) is 1.63. The number of aromatic nitrogens is 2. The fraction of sp³-hybridized carbons (Fsp3) is 0. The van der Waals surface area contributed by atoms with E-state index in [-0.39, 0.29) is 0 Å². The molecule has 1 aromatic heterocycles. The van der Waals surface area contributed by atoms with Gasteiger partial charge in [0, 0.05) is 11.6 Å². The number of benzene rings is 1. The van der Waals surface area contributed by atoms with Crippen LogP contribution in [-0.2, 0) is 0 Å². The molecule has 0 saturated heterocycles. The highest BCUT2D eigenvalue weighted by Crippen LogP contribution is 2.10. The Hall–Kier alpha value is -1.95. The van der Waals surface area contributed by atoms with Gasteiger partial charge >= 0.3 is 0 Å². The number of hydrogen-bond donors (Lipinski definition) is 0. The summed E-state index contributed by atoms with van der Waals surface area (Å²) in [6.45, 7) is 0. The van der Waals surface area contributed by atoms with Crippen LogP contribution in [-0.4, -0.2) is 9.97 Å². The van der Waals surface area contributed by atoms with E-state index in [0.29, 0.717) is 5.56 Å². The quantitative estimate of drug-likeness (QED) is 0.579. The highest BCUT2D eigenvalue weighted by molar-refractivity contribution is 5.78. The summed E-state index contributed by atoms with van der Waals surface area (Å²) in [4.78, 5) is 7.90. The minimum atomic E-state index is 0.636. The molecule has 0 radical (unpaired) electrons. The van der Waals surface area contributed by atoms with Crippen molar-refractivity contribution in [1.82, 2.24) is 9.97 Å². The SMILES string of the molecule is N#Cc1ccc2ncncc2c1. The molecule has 0 amide bonds. The van der Waals surface area contributed by atoms with Gasteiger partial charge < -0.3 is 0 Å². The van der Waals surface area contributed by atoms with Gasteiger partial charge in [0.2, 0.25) is 0 Å². The van der Waals surface area contributed by atoms with E-state index < -0.39 is 0 Å². The van der Waals surface area contributed by atoms with E-state index in [1.54, 1.807) is 18.3 Å². The van der Waals surface area contributed by atoms with Crippen molar-refractivity contribution in [3.63, 3.8) is 0 Å². The third kappa shape index (κ3) is 0.995. The highest BCUT2D eigenvalue weighted by atomic mass is 14.8. The standard InChI is InChI=1S/C9H5N3/c10-4-7-1-2-9-8(3-7)5-11-6-12-9/h1-3,5-6H. The Labute approximate surface area is 69.3 Å². The van der Waals surface area contributed by atoms with Crippen LogP contribution in [0.25, 0.3) is 10.9 Å². The van der Waals surface area contributed by atoms with E-state index in [0.717, 1.165) is 10.9 Å². The summed E-state index contributed by atoms with van der Waals surface area (Å²) >= 11 is 0. The van der Waals surface area contributed by atoms with Crippen molar-refractivity contribution in [1.29, 1.82) is 5.26 Å². The minimum Gasteiger partial charge on any atom is -0.244 e. The van der Waals surface area contributed by atoms with Gasteiger partial charge in [0.25, 0.3) is 0 Å². The van der Waals surface area contributed by atoms with Crippen LogP contribution >= 0.6 is 0 Å². The lowest BCUT2D eigenvalue weighted by atomic mass is 10.2. The van der Waals surface area contributed by atoms with Gasteiger partial charge in [-0.25, -0.2) is 9.97 Å².